The number of hydrogen-bond acceptors (Lipinski definition) is 2. The molecule has 1 aromatic heterocycles. The highest BCUT2D eigenvalue weighted by Crippen LogP contribution is 2.16. The van der Waals surface area contributed by atoms with Crippen LogP contribution in [-0.2, 0) is 11.3 Å². The van der Waals surface area contributed by atoms with Crippen molar-refractivity contribution in [3.8, 4) is 0 Å². The molecule has 1 rings (SSSR count). The first-order chi connectivity index (χ1) is 5.59. The maximum absolute atomic E-state index is 10.2. The molecule has 0 aromatic carbocycles. The molecule has 0 spiro atoms. The van der Waals surface area contributed by atoms with E-state index >= 15 is 0 Å². The Kier molecular flexibility index (Phi) is 3.51. The highest BCUT2D eigenvalue weighted by Gasteiger charge is 2.03. The molecular formula is C6H6BrIN2O2. The minimum Gasteiger partial charge on any atom is -0.481 e. The molecule has 0 fully saturated rings. The molecule has 0 atom stereocenters. The number of hydrogen-bond donors (Lipinski definition) is 1. The van der Waals surface area contributed by atoms with Gasteiger partial charge < -0.3 is 5.11 Å². The number of carboxylic acids is 1. The summed E-state index contributed by atoms with van der Waals surface area (Å²) in [7, 11) is 0. The molecule has 1 aromatic rings. The van der Waals surface area contributed by atoms with Gasteiger partial charge in [0.2, 0.25) is 0 Å². The highest BCUT2D eigenvalue weighted by atomic mass is 127. The van der Waals surface area contributed by atoms with E-state index < -0.39 is 5.97 Å². The van der Waals surface area contributed by atoms with Crippen LogP contribution in [0.4, 0.5) is 0 Å². The van der Waals surface area contributed by atoms with E-state index in [0.29, 0.717) is 6.54 Å². The first-order valence-corrected chi connectivity index (χ1v) is 5.07. The molecule has 0 aliphatic rings. The molecule has 66 valence electrons. The molecular weight excluding hydrogens is 339 g/mol. The minimum atomic E-state index is -0.809. The third-order valence-electron chi connectivity index (χ3n) is 1.23. The first kappa shape index (κ1) is 9.97. The number of rotatable bonds is 3. The molecule has 4 nitrogen and oxygen atoms in total. The van der Waals surface area contributed by atoms with Crippen LogP contribution < -0.4 is 0 Å². The summed E-state index contributed by atoms with van der Waals surface area (Å²) in [6, 6.07) is 0. The molecule has 12 heavy (non-hydrogen) atoms. The molecule has 0 aliphatic carbocycles. The van der Waals surface area contributed by atoms with Gasteiger partial charge >= 0.3 is 5.97 Å². The molecule has 1 heterocycles. The van der Waals surface area contributed by atoms with Crippen molar-refractivity contribution < 1.29 is 9.90 Å². The molecule has 0 bridgehead atoms. The Balaban J connectivity index is 2.58. The van der Waals surface area contributed by atoms with Crippen LogP contribution in [0.25, 0.3) is 0 Å². The zero-order valence-corrected chi connectivity index (χ0v) is 9.74. The summed E-state index contributed by atoms with van der Waals surface area (Å²) in [6.45, 7) is 0.414. The van der Waals surface area contributed by atoms with Gasteiger partial charge in [-0.2, -0.15) is 5.10 Å². The van der Waals surface area contributed by atoms with E-state index in [2.05, 4.69) is 43.6 Å². The van der Waals surface area contributed by atoms with Crippen LogP contribution in [0.2, 0.25) is 0 Å². The third kappa shape index (κ3) is 2.74. The van der Waals surface area contributed by atoms with Crippen LogP contribution in [0.15, 0.2) is 10.7 Å². The van der Waals surface area contributed by atoms with Crippen LogP contribution >= 0.6 is 38.5 Å². The van der Waals surface area contributed by atoms with Gasteiger partial charge in [-0.3, -0.25) is 9.48 Å². The van der Waals surface area contributed by atoms with E-state index in [-0.39, 0.29) is 6.42 Å². The lowest BCUT2D eigenvalue weighted by atomic mass is 10.4. The van der Waals surface area contributed by atoms with E-state index in [9.17, 15) is 4.79 Å². The van der Waals surface area contributed by atoms with Crippen molar-refractivity contribution in [2.75, 3.05) is 0 Å². The number of aromatic nitrogens is 2. The average Bonchev–Trinajstić information content (AvgIpc) is 2.28. The van der Waals surface area contributed by atoms with Crippen LogP contribution in [0.1, 0.15) is 6.42 Å². The fraction of sp³-hybridized carbons (Fsp3) is 0.333. The zero-order valence-electron chi connectivity index (χ0n) is 6.00. The standard InChI is InChI=1S/C6H6BrIN2O2/c7-4-3-10(9-6(4)8)2-1-5(11)12/h3H,1-2H2,(H,11,12). The fourth-order valence-corrected chi connectivity index (χ4v) is 1.43. The lowest BCUT2D eigenvalue weighted by Crippen LogP contribution is -2.04. The SMILES string of the molecule is O=C(O)CCn1cc(Br)c(I)n1. The summed E-state index contributed by atoms with van der Waals surface area (Å²) in [6.07, 6.45) is 1.87. The van der Waals surface area contributed by atoms with Gasteiger partial charge in [-0.05, 0) is 38.5 Å². The summed E-state index contributed by atoms with van der Waals surface area (Å²) in [5.74, 6) is -0.809. The molecule has 0 unspecified atom stereocenters. The van der Waals surface area contributed by atoms with Gasteiger partial charge in [0, 0.05) is 6.20 Å². The Morgan fingerprint density at radius 3 is 2.92 bits per heavy atom. The molecule has 0 saturated heterocycles. The van der Waals surface area contributed by atoms with Gasteiger partial charge in [0.1, 0.15) is 3.70 Å². The van der Waals surface area contributed by atoms with Gasteiger partial charge in [0.25, 0.3) is 0 Å². The number of halogens is 2. The summed E-state index contributed by atoms with van der Waals surface area (Å²) >= 11 is 5.36. The molecule has 6 heteroatoms. The summed E-state index contributed by atoms with van der Waals surface area (Å²) in [4.78, 5) is 10.2. The van der Waals surface area contributed by atoms with Crippen LogP contribution in [0, 0.1) is 3.70 Å². The largest absolute Gasteiger partial charge is 0.481 e. The molecule has 0 saturated carbocycles. The summed E-state index contributed by atoms with van der Waals surface area (Å²) in [5, 5.41) is 12.5. The maximum atomic E-state index is 10.2. The Labute approximate surface area is 91.2 Å². The lowest BCUT2D eigenvalue weighted by molar-refractivity contribution is -0.137. The second-order valence-corrected chi connectivity index (χ2v) is 4.05. The Morgan fingerprint density at radius 1 is 1.83 bits per heavy atom. The number of aliphatic carboxylic acids is 1. The van der Waals surface area contributed by atoms with Gasteiger partial charge in [0.05, 0.1) is 17.4 Å². The number of carbonyl (C=O) groups is 1. The zero-order chi connectivity index (χ0) is 9.14. The van der Waals surface area contributed by atoms with Crippen molar-refractivity contribution >= 4 is 44.5 Å². The van der Waals surface area contributed by atoms with E-state index in [1.165, 1.54) is 0 Å². The quantitative estimate of drug-likeness (QED) is 0.849. The van der Waals surface area contributed by atoms with E-state index in [0.717, 1.165) is 8.17 Å². The van der Waals surface area contributed by atoms with Crippen molar-refractivity contribution in [2.24, 2.45) is 0 Å². The van der Waals surface area contributed by atoms with Crippen molar-refractivity contribution in [2.45, 2.75) is 13.0 Å². The third-order valence-corrected chi connectivity index (χ3v) is 3.35. The second kappa shape index (κ2) is 4.22. The normalized spacial score (nSPS) is 10.2. The predicted molar refractivity (Wildman–Crippen MR) is 54.9 cm³/mol. The number of aryl methyl sites for hydroxylation is 1. The Bertz CT molecular complexity index is 280. The van der Waals surface area contributed by atoms with Crippen molar-refractivity contribution in [3.63, 3.8) is 0 Å². The van der Waals surface area contributed by atoms with Gasteiger partial charge in [-0.1, -0.05) is 0 Å². The number of carboxylic acid groups (broad SMARTS) is 1. The van der Waals surface area contributed by atoms with E-state index in [4.69, 9.17) is 5.11 Å². The molecule has 0 amide bonds. The fourth-order valence-electron chi connectivity index (χ4n) is 0.698. The molecule has 0 radical (unpaired) electrons. The Hall–Kier alpha value is -0.110. The summed E-state index contributed by atoms with van der Waals surface area (Å²) in [5.41, 5.74) is 0. The Morgan fingerprint density at radius 2 is 2.50 bits per heavy atom. The molecule has 1 N–H and O–H groups in total. The van der Waals surface area contributed by atoms with Crippen molar-refractivity contribution in [1.82, 2.24) is 9.78 Å². The van der Waals surface area contributed by atoms with Gasteiger partial charge in [-0.15, -0.1) is 0 Å². The topological polar surface area (TPSA) is 55.1 Å². The van der Waals surface area contributed by atoms with E-state index in [1.807, 2.05) is 0 Å². The van der Waals surface area contributed by atoms with Crippen molar-refractivity contribution in [1.29, 1.82) is 0 Å². The average molecular weight is 345 g/mol. The van der Waals surface area contributed by atoms with Crippen LogP contribution in [0.5, 0.6) is 0 Å². The van der Waals surface area contributed by atoms with E-state index in [1.54, 1.807) is 10.9 Å². The summed E-state index contributed by atoms with van der Waals surface area (Å²) < 4.78 is 3.35. The monoisotopic (exact) mass is 344 g/mol. The smallest absolute Gasteiger partial charge is 0.305 e. The van der Waals surface area contributed by atoms with Crippen LogP contribution in [0.3, 0.4) is 0 Å². The first-order valence-electron chi connectivity index (χ1n) is 3.20. The highest BCUT2D eigenvalue weighted by molar-refractivity contribution is 14.1. The molecule has 0 aliphatic heterocycles. The number of nitrogens with zero attached hydrogens (tertiary/aromatic N) is 2. The van der Waals surface area contributed by atoms with Gasteiger partial charge in [-0.25, -0.2) is 0 Å². The lowest BCUT2D eigenvalue weighted by Gasteiger charge is -1.95. The minimum absolute atomic E-state index is 0.101. The van der Waals surface area contributed by atoms with Gasteiger partial charge in [0.15, 0.2) is 0 Å². The van der Waals surface area contributed by atoms with Crippen molar-refractivity contribution in [3.05, 3.63) is 14.4 Å². The second-order valence-electron chi connectivity index (χ2n) is 2.17. The van der Waals surface area contributed by atoms with Crippen LogP contribution in [-0.4, -0.2) is 20.9 Å². The maximum Gasteiger partial charge on any atom is 0.305 e. The predicted octanol–water partition coefficient (Wildman–Crippen LogP) is 1.72.